The highest BCUT2D eigenvalue weighted by atomic mass is 16.5. The number of anilines is 1. The molecule has 0 saturated carbocycles. The quantitative estimate of drug-likeness (QED) is 0.627. The second kappa shape index (κ2) is 10.8. The molecule has 1 fully saturated rings. The van der Waals surface area contributed by atoms with Crippen LogP contribution in [0, 0.1) is 0 Å². The van der Waals surface area contributed by atoms with E-state index < -0.39 is 5.97 Å². The van der Waals surface area contributed by atoms with E-state index in [2.05, 4.69) is 20.2 Å². The molecule has 1 saturated heterocycles. The Labute approximate surface area is 177 Å². The van der Waals surface area contributed by atoms with Gasteiger partial charge in [-0.1, -0.05) is 0 Å². The number of hydrogen-bond donors (Lipinski definition) is 1. The van der Waals surface area contributed by atoms with Gasteiger partial charge < -0.3 is 24.4 Å². The largest absolute Gasteiger partial charge is 0.494 e. The van der Waals surface area contributed by atoms with Crippen LogP contribution in [0.2, 0.25) is 0 Å². The number of carbonyl (C=O) groups is 1. The molecule has 1 N–H and O–H groups in total. The van der Waals surface area contributed by atoms with Crippen LogP contribution >= 0.6 is 0 Å². The molecule has 2 aromatic rings. The van der Waals surface area contributed by atoms with Gasteiger partial charge in [0.05, 0.1) is 32.7 Å². The zero-order valence-electron chi connectivity index (χ0n) is 17.9. The van der Waals surface area contributed by atoms with Crippen molar-refractivity contribution in [1.82, 2.24) is 15.3 Å². The molecular weight excluding hydrogens is 384 g/mol. The van der Waals surface area contributed by atoms with E-state index >= 15 is 0 Å². The van der Waals surface area contributed by atoms with E-state index in [1.165, 1.54) is 13.3 Å². The fourth-order valence-electron chi connectivity index (χ4n) is 3.61. The van der Waals surface area contributed by atoms with Gasteiger partial charge in [-0.15, -0.1) is 0 Å². The van der Waals surface area contributed by atoms with E-state index in [1.807, 2.05) is 32.0 Å². The molecule has 30 heavy (non-hydrogen) atoms. The van der Waals surface area contributed by atoms with Crippen LogP contribution in [-0.4, -0.2) is 55.4 Å². The summed E-state index contributed by atoms with van der Waals surface area (Å²) in [6.07, 6.45) is 5.12. The van der Waals surface area contributed by atoms with Gasteiger partial charge in [0, 0.05) is 18.7 Å². The van der Waals surface area contributed by atoms with Crippen molar-refractivity contribution in [3.63, 3.8) is 0 Å². The summed E-state index contributed by atoms with van der Waals surface area (Å²) in [4.78, 5) is 22.7. The molecule has 0 spiro atoms. The maximum atomic E-state index is 11.7. The summed E-state index contributed by atoms with van der Waals surface area (Å²) in [5.41, 5.74) is 1.27. The predicted molar refractivity (Wildman–Crippen MR) is 114 cm³/mol. The highest BCUT2D eigenvalue weighted by Crippen LogP contribution is 2.27. The zero-order chi connectivity index (χ0) is 21.3. The average molecular weight is 415 g/mol. The monoisotopic (exact) mass is 414 g/mol. The van der Waals surface area contributed by atoms with E-state index in [-0.39, 0.29) is 5.69 Å². The second-order valence-electron chi connectivity index (χ2n) is 7.04. The number of rotatable bonds is 9. The summed E-state index contributed by atoms with van der Waals surface area (Å²) in [6.45, 7) is 7.66. The summed E-state index contributed by atoms with van der Waals surface area (Å²) in [6, 6.07) is 6.30. The third kappa shape index (κ3) is 5.60. The molecule has 0 amide bonds. The number of nitrogens with one attached hydrogen (secondary N) is 1. The van der Waals surface area contributed by atoms with Gasteiger partial charge in [0.1, 0.15) is 17.3 Å². The fourth-order valence-corrected chi connectivity index (χ4v) is 3.61. The molecule has 3 rings (SSSR count). The highest BCUT2D eigenvalue weighted by Gasteiger charge is 2.24. The number of hydrogen-bond acceptors (Lipinski definition) is 8. The Bertz CT molecular complexity index is 798. The van der Waals surface area contributed by atoms with Crippen molar-refractivity contribution < 1.29 is 19.0 Å². The molecule has 1 aromatic heterocycles. The van der Waals surface area contributed by atoms with E-state index in [9.17, 15) is 4.79 Å². The average Bonchev–Trinajstić information content (AvgIpc) is 2.78. The van der Waals surface area contributed by atoms with Crippen molar-refractivity contribution in [3.05, 3.63) is 41.9 Å². The van der Waals surface area contributed by atoms with E-state index in [1.54, 1.807) is 6.20 Å². The molecule has 0 bridgehead atoms. The molecule has 8 heteroatoms. The van der Waals surface area contributed by atoms with Gasteiger partial charge in [-0.3, -0.25) is 0 Å². The molecule has 0 unspecified atom stereocenters. The third-order valence-corrected chi connectivity index (χ3v) is 4.99. The Morgan fingerprint density at radius 3 is 2.27 bits per heavy atom. The van der Waals surface area contributed by atoms with Crippen LogP contribution in [0.15, 0.2) is 30.6 Å². The first-order valence-electron chi connectivity index (χ1n) is 10.4. The maximum absolute atomic E-state index is 11.7. The Morgan fingerprint density at radius 1 is 1.07 bits per heavy atom. The van der Waals surface area contributed by atoms with Crippen LogP contribution in [0.3, 0.4) is 0 Å². The first-order valence-corrected chi connectivity index (χ1v) is 10.4. The minimum Gasteiger partial charge on any atom is -0.494 e. The molecule has 1 aromatic carbocycles. The van der Waals surface area contributed by atoms with Crippen LogP contribution in [0.5, 0.6) is 11.5 Å². The number of piperidine rings is 1. The van der Waals surface area contributed by atoms with Crippen LogP contribution in [-0.2, 0) is 11.3 Å². The number of nitrogens with zero attached hydrogens (tertiary/aromatic N) is 3. The lowest BCUT2D eigenvalue weighted by molar-refractivity contribution is 0.0593. The summed E-state index contributed by atoms with van der Waals surface area (Å²) in [5.74, 6) is 1.81. The molecule has 1 aliphatic heterocycles. The van der Waals surface area contributed by atoms with E-state index in [0.717, 1.165) is 48.8 Å². The molecule has 0 aliphatic carbocycles. The Balaban J connectivity index is 1.90. The standard InChI is InChI=1S/C22H30N4O4/c1-4-29-18-10-16(11-19(12-18)30-5-2)15-26(17-6-8-23-9-7-17)21-14-24-20(13-25-21)22(27)28-3/h10-14,17,23H,4-9,15H2,1-3H3. The summed E-state index contributed by atoms with van der Waals surface area (Å²) in [5, 5.41) is 3.40. The lowest BCUT2D eigenvalue weighted by Crippen LogP contribution is -2.43. The smallest absolute Gasteiger partial charge is 0.358 e. The fraction of sp³-hybridized carbons (Fsp3) is 0.500. The van der Waals surface area contributed by atoms with E-state index in [4.69, 9.17) is 14.2 Å². The van der Waals surface area contributed by atoms with Gasteiger partial charge in [0.2, 0.25) is 0 Å². The molecule has 0 radical (unpaired) electrons. The van der Waals surface area contributed by atoms with Crippen molar-refractivity contribution in [2.45, 2.75) is 39.3 Å². The molecule has 0 atom stereocenters. The summed E-state index contributed by atoms with van der Waals surface area (Å²) >= 11 is 0. The number of ether oxygens (including phenoxy) is 3. The maximum Gasteiger partial charge on any atom is 0.358 e. The zero-order valence-corrected chi connectivity index (χ0v) is 17.9. The Kier molecular flexibility index (Phi) is 7.84. The SMILES string of the molecule is CCOc1cc(CN(c2cnc(C(=O)OC)cn2)C2CCNCC2)cc(OCC)c1. The summed E-state index contributed by atoms with van der Waals surface area (Å²) < 4.78 is 16.2. The predicted octanol–water partition coefficient (Wildman–Crippen LogP) is 2.82. The summed E-state index contributed by atoms with van der Waals surface area (Å²) in [7, 11) is 1.33. The second-order valence-corrected chi connectivity index (χ2v) is 7.04. The van der Waals surface area contributed by atoms with Gasteiger partial charge >= 0.3 is 5.97 Å². The van der Waals surface area contributed by atoms with Crippen molar-refractivity contribution in [3.8, 4) is 11.5 Å². The topological polar surface area (TPSA) is 85.8 Å². The van der Waals surface area contributed by atoms with Crippen LogP contribution in [0.4, 0.5) is 5.82 Å². The minimum absolute atomic E-state index is 0.198. The molecule has 162 valence electrons. The molecule has 2 heterocycles. The molecular formula is C22H30N4O4. The van der Waals surface area contributed by atoms with Crippen molar-refractivity contribution in [2.24, 2.45) is 0 Å². The van der Waals surface area contributed by atoms with Gasteiger partial charge in [0.25, 0.3) is 0 Å². The van der Waals surface area contributed by atoms with Crippen molar-refractivity contribution >= 4 is 11.8 Å². The van der Waals surface area contributed by atoms with Gasteiger partial charge in [0.15, 0.2) is 5.69 Å². The van der Waals surface area contributed by atoms with Gasteiger partial charge in [-0.2, -0.15) is 0 Å². The first kappa shape index (κ1) is 21.8. The van der Waals surface area contributed by atoms with Crippen LogP contribution < -0.4 is 19.7 Å². The van der Waals surface area contributed by atoms with Gasteiger partial charge in [-0.25, -0.2) is 14.8 Å². The van der Waals surface area contributed by atoms with E-state index in [0.29, 0.717) is 25.8 Å². The van der Waals surface area contributed by atoms with Crippen LogP contribution in [0.1, 0.15) is 42.7 Å². The normalized spacial score (nSPS) is 14.2. The third-order valence-electron chi connectivity index (χ3n) is 4.99. The Morgan fingerprint density at radius 2 is 1.73 bits per heavy atom. The number of esters is 1. The number of benzene rings is 1. The number of aromatic nitrogens is 2. The van der Waals surface area contributed by atoms with Crippen LogP contribution in [0.25, 0.3) is 0 Å². The number of carbonyl (C=O) groups excluding carboxylic acids is 1. The minimum atomic E-state index is -0.492. The van der Waals surface area contributed by atoms with Gasteiger partial charge in [-0.05, 0) is 57.5 Å². The first-order chi connectivity index (χ1) is 14.6. The van der Waals surface area contributed by atoms with Crippen molar-refractivity contribution in [2.75, 3.05) is 38.3 Å². The molecule has 1 aliphatic rings. The lowest BCUT2D eigenvalue weighted by atomic mass is 10.0. The van der Waals surface area contributed by atoms with Crippen molar-refractivity contribution in [1.29, 1.82) is 0 Å². The lowest BCUT2D eigenvalue weighted by Gasteiger charge is -2.35. The highest BCUT2D eigenvalue weighted by molar-refractivity contribution is 5.86. The molecule has 8 nitrogen and oxygen atoms in total. The number of methoxy groups -OCH3 is 1. The Hall–Kier alpha value is -2.87.